The summed E-state index contributed by atoms with van der Waals surface area (Å²) in [5, 5.41) is 10.8. The number of carbonyl (C=O) groups is 1. The first-order valence-corrected chi connectivity index (χ1v) is 6.12. The average molecular weight is 245 g/mol. The normalized spacial score (nSPS) is 20.0. The van der Waals surface area contributed by atoms with Crippen molar-refractivity contribution in [1.82, 2.24) is 24.9 Å². The van der Waals surface area contributed by atoms with Gasteiger partial charge < -0.3 is 4.90 Å². The van der Waals surface area contributed by atoms with Crippen LogP contribution >= 0.6 is 0 Å². The first-order chi connectivity index (χ1) is 8.84. The van der Waals surface area contributed by atoms with E-state index in [2.05, 4.69) is 15.3 Å². The van der Waals surface area contributed by atoms with Crippen molar-refractivity contribution >= 4 is 5.91 Å². The second kappa shape index (κ2) is 4.64. The van der Waals surface area contributed by atoms with Gasteiger partial charge >= 0.3 is 0 Å². The predicted molar refractivity (Wildman–Crippen MR) is 65.0 cm³/mol. The fourth-order valence-corrected chi connectivity index (χ4v) is 2.40. The van der Waals surface area contributed by atoms with Crippen molar-refractivity contribution in [2.24, 2.45) is 0 Å². The smallest absolute Gasteiger partial charge is 0.271 e. The number of nitrogens with one attached hydrogen (secondary N) is 1. The van der Waals surface area contributed by atoms with E-state index in [1.807, 2.05) is 21.8 Å². The standard InChI is InChI=1S/C12H15N5O/c18-12(11-4-6-13-15-11)16-7-1-3-10(9-16)17-8-2-5-14-17/h2,4-6,8,10H,1,3,7,9H2,(H,13,15)/t10-/m0/s1. The maximum Gasteiger partial charge on any atom is 0.271 e. The summed E-state index contributed by atoms with van der Waals surface area (Å²) in [4.78, 5) is 14.1. The number of rotatable bonds is 2. The van der Waals surface area contributed by atoms with Crippen molar-refractivity contribution < 1.29 is 4.79 Å². The second-order valence-electron chi connectivity index (χ2n) is 4.50. The van der Waals surface area contributed by atoms with Crippen LogP contribution in [0, 0.1) is 0 Å². The quantitative estimate of drug-likeness (QED) is 0.861. The van der Waals surface area contributed by atoms with E-state index in [0.29, 0.717) is 12.2 Å². The highest BCUT2D eigenvalue weighted by Crippen LogP contribution is 2.21. The maximum absolute atomic E-state index is 12.2. The molecule has 2 aromatic rings. The van der Waals surface area contributed by atoms with Crippen LogP contribution in [0.5, 0.6) is 0 Å². The molecule has 1 atom stereocenters. The second-order valence-corrected chi connectivity index (χ2v) is 4.50. The maximum atomic E-state index is 12.2. The lowest BCUT2D eigenvalue weighted by Gasteiger charge is -2.32. The lowest BCUT2D eigenvalue weighted by atomic mass is 10.1. The fourth-order valence-electron chi connectivity index (χ4n) is 2.40. The lowest BCUT2D eigenvalue weighted by molar-refractivity contribution is 0.0667. The largest absolute Gasteiger partial charge is 0.335 e. The van der Waals surface area contributed by atoms with Crippen LogP contribution in [0.15, 0.2) is 30.7 Å². The Morgan fingerprint density at radius 2 is 2.39 bits per heavy atom. The van der Waals surface area contributed by atoms with Crippen LogP contribution < -0.4 is 0 Å². The van der Waals surface area contributed by atoms with Gasteiger partial charge in [-0.1, -0.05) is 0 Å². The average Bonchev–Trinajstić information content (AvgIpc) is 3.11. The Balaban J connectivity index is 1.73. The number of aromatic amines is 1. The van der Waals surface area contributed by atoms with Crippen LogP contribution in [0.1, 0.15) is 29.4 Å². The summed E-state index contributed by atoms with van der Waals surface area (Å²) >= 11 is 0. The molecule has 2 aromatic heterocycles. The molecule has 94 valence electrons. The zero-order valence-electron chi connectivity index (χ0n) is 9.99. The number of likely N-dealkylation sites (tertiary alicyclic amines) is 1. The van der Waals surface area contributed by atoms with Crippen molar-refractivity contribution in [2.45, 2.75) is 18.9 Å². The summed E-state index contributed by atoms with van der Waals surface area (Å²) in [6, 6.07) is 3.90. The predicted octanol–water partition coefficient (Wildman–Crippen LogP) is 1.08. The van der Waals surface area contributed by atoms with Crippen LogP contribution in [0.3, 0.4) is 0 Å². The molecule has 0 unspecified atom stereocenters. The molecule has 3 heterocycles. The van der Waals surface area contributed by atoms with Gasteiger partial charge in [-0.05, 0) is 25.0 Å². The van der Waals surface area contributed by atoms with E-state index in [1.54, 1.807) is 18.5 Å². The molecule has 3 rings (SSSR count). The van der Waals surface area contributed by atoms with Gasteiger partial charge in [0, 0.05) is 31.7 Å². The van der Waals surface area contributed by atoms with Crippen LogP contribution in [-0.4, -0.2) is 43.9 Å². The molecule has 1 saturated heterocycles. The van der Waals surface area contributed by atoms with Crippen molar-refractivity contribution in [2.75, 3.05) is 13.1 Å². The summed E-state index contributed by atoms with van der Waals surface area (Å²) < 4.78 is 1.94. The molecule has 0 radical (unpaired) electrons. The first-order valence-electron chi connectivity index (χ1n) is 6.12. The molecule has 1 fully saturated rings. The third-order valence-corrected chi connectivity index (χ3v) is 3.31. The highest BCUT2D eigenvalue weighted by Gasteiger charge is 2.26. The zero-order chi connectivity index (χ0) is 12.4. The number of hydrogen-bond donors (Lipinski definition) is 1. The van der Waals surface area contributed by atoms with Crippen LogP contribution in [0.25, 0.3) is 0 Å². The van der Waals surface area contributed by atoms with Gasteiger partial charge in [-0.15, -0.1) is 0 Å². The van der Waals surface area contributed by atoms with E-state index in [1.165, 1.54) is 0 Å². The molecule has 0 aliphatic carbocycles. The molecule has 0 spiro atoms. The number of aromatic nitrogens is 4. The van der Waals surface area contributed by atoms with E-state index < -0.39 is 0 Å². The number of nitrogens with zero attached hydrogens (tertiary/aromatic N) is 4. The first kappa shape index (κ1) is 11.0. The van der Waals surface area contributed by atoms with E-state index in [-0.39, 0.29) is 11.9 Å². The molecule has 0 saturated carbocycles. The molecule has 6 heteroatoms. The molecule has 1 aliphatic heterocycles. The van der Waals surface area contributed by atoms with Crippen molar-refractivity contribution in [3.8, 4) is 0 Å². The molecule has 1 aliphatic rings. The van der Waals surface area contributed by atoms with Gasteiger partial charge in [0.2, 0.25) is 0 Å². The molecule has 1 N–H and O–H groups in total. The lowest BCUT2D eigenvalue weighted by Crippen LogP contribution is -2.41. The van der Waals surface area contributed by atoms with Crippen LogP contribution in [-0.2, 0) is 0 Å². The topological polar surface area (TPSA) is 66.8 Å². The molecule has 0 bridgehead atoms. The summed E-state index contributed by atoms with van der Waals surface area (Å²) in [6.45, 7) is 1.51. The summed E-state index contributed by atoms with van der Waals surface area (Å²) in [7, 11) is 0. The zero-order valence-corrected chi connectivity index (χ0v) is 9.99. The van der Waals surface area contributed by atoms with Gasteiger partial charge in [-0.2, -0.15) is 10.2 Å². The number of amides is 1. The van der Waals surface area contributed by atoms with Gasteiger partial charge in [0.15, 0.2) is 0 Å². The van der Waals surface area contributed by atoms with Crippen molar-refractivity contribution in [3.05, 3.63) is 36.4 Å². The molecular weight excluding hydrogens is 230 g/mol. The van der Waals surface area contributed by atoms with Crippen LogP contribution in [0.4, 0.5) is 0 Å². The van der Waals surface area contributed by atoms with Crippen molar-refractivity contribution in [3.63, 3.8) is 0 Å². The van der Waals surface area contributed by atoms with Gasteiger partial charge in [0.1, 0.15) is 5.69 Å². The van der Waals surface area contributed by atoms with E-state index in [4.69, 9.17) is 0 Å². The number of carbonyl (C=O) groups excluding carboxylic acids is 1. The summed E-state index contributed by atoms with van der Waals surface area (Å²) in [5.41, 5.74) is 0.552. The van der Waals surface area contributed by atoms with Gasteiger partial charge in [0.05, 0.1) is 6.04 Å². The molecule has 0 aromatic carbocycles. The third-order valence-electron chi connectivity index (χ3n) is 3.31. The van der Waals surface area contributed by atoms with Gasteiger partial charge in [0.25, 0.3) is 5.91 Å². The molecule has 18 heavy (non-hydrogen) atoms. The molecular formula is C12H15N5O. The number of H-pyrrole nitrogens is 1. The SMILES string of the molecule is O=C(c1ccn[nH]1)N1CCC[C@H](n2cccn2)C1. The minimum atomic E-state index is 0.0179. The number of piperidine rings is 1. The number of hydrogen-bond acceptors (Lipinski definition) is 3. The molecule has 6 nitrogen and oxygen atoms in total. The Morgan fingerprint density at radius 1 is 1.44 bits per heavy atom. The Bertz CT molecular complexity index is 505. The Kier molecular flexibility index (Phi) is 2.84. The van der Waals surface area contributed by atoms with Gasteiger partial charge in [-0.25, -0.2) is 0 Å². The summed E-state index contributed by atoms with van der Waals surface area (Å²) in [5.74, 6) is 0.0179. The summed E-state index contributed by atoms with van der Waals surface area (Å²) in [6.07, 6.45) is 7.39. The van der Waals surface area contributed by atoms with Gasteiger partial charge in [-0.3, -0.25) is 14.6 Å². The third kappa shape index (κ3) is 2.01. The highest BCUT2D eigenvalue weighted by molar-refractivity contribution is 5.92. The monoisotopic (exact) mass is 245 g/mol. The minimum Gasteiger partial charge on any atom is -0.335 e. The minimum absolute atomic E-state index is 0.0179. The van der Waals surface area contributed by atoms with E-state index >= 15 is 0 Å². The van der Waals surface area contributed by atoms with E-state index in [9.17, 15) is 4.79 Å². The highest BCUT2D eigenvalue weighted by atomic mass is 16.2. The Hall–Kier alpha value is -2.11. The van der Waals surface area contributed by atoms with E-state index in [0.717, 1.165) is 19.4 Å². The van der Waals surface area contributed by atoms with Crippen LogP contribution in [0.2, 0.25) is 0 Å². The van der Waals surface area contributed by atoms with Crippen molar-refractivity contribution in [1.29, 1.82) is 0 Å². The fraction of sp³-hybridized carbons (Fsp3) is 0.417. The molecule has 1 amide bonds. The Labute approximate surface area is 105 Å². The Morgan fingerprint density at radius 3 is 3.11 bits per heavy atom.